The number of rotatable bonds is 5. The number of hydrogen-bond donors (Lipinski definition) is 0. The van der Waals surface area contributed by atoms with Crippen molar-refractivity contribution < 1.29 is 8.91 Å². The molecule has 3 aromatic rings. The lowest BCUT2D eigenvalue weighted by atomic mass is 9.91. The van der Waals surface area contributed by atoms with Gasteiger partial charge in [-0.15, -0.1) is 0 Å². The maximum absolute atomic E-state index is 15.5. The topological polar surface area (TPSA) is 63.2 Å². The second kappa shape index (κ2) is 9.47. The van der Waals surface area contributed by atoms with Gasteiger partial charge in [0.05, 0.1) is 11.4 Å². The van der Waals surface area contributed by atoms with E-state index in [0.29, 0.717) is 23.4 Å². The van der Waals surface area contributed by atoms with E-state index in [4.69, 9.17) is 9.51 Å². The SMILES string of the molecule is Cc1c(CN2CCN(c3noc(C(C)(C)C)n3)C(C)C2)ccc(F)c1-n1c(C2CC2)nc(C(C)(C)C)c1C. The number of nitrogens with zero attached hydrogens (tertiary/aromatic N) is 6. The summed E-state index contributed by atoms with van der Waals surface area (Å²) >= 11 is 0. The largest absolute Gasteiger partial charge is 0.337 e. The molecule has 1 aliphatic carbocycles. The fourth-order valence-corrected chi connectivity index (χ4v) is 5.64. The molecule has 0 bridgehead atoms. The van der Waals surface area contributed by atoms with Crippen molar-refractivity contribution in [1.29, 1.82) is 0 Å². The Labute approximate surface area is 226 Å². The van der Waals surface area contributed by atoms with Crippen LogP contribution in [-0.2, 0) is 17.4 Å². The van der Waals surface area contributed by atoms with E-state index >= 15 is 4.39 Å². The van der Waals surface area contributed by atoms with E-state index in [-0.39, 0.29) is 22.7 Å². The van der Waals surface area contributed by atoms with E-state index in [1.165, 1.54) is 0 Å². The van der Waals surface area contributed by atoms with Gasteiger partial charge in [0.2, 0.25) is 5.89 Å². The predicted molar refractivity (Wildman–Crippen MR) is 149 cm³/mol. The molecular weight excluding hydrogens is 479 g/mol. The molecule has 2 aliphatic rings. The van der Waals surface area contributed by atoms with E-state index < -0.39 is 0 Å². The van der Waals surface area contributed by atoms with Gasteiger partial charge in [0.15, 0.2) is 0 Å². The minimum Gasteiger partial charge on any atom is -0.337 e. The van der Waals surface area contributed by atoms with Crippen LogP contribution in [0.5, 0.6) is 0 Å². The van der Waals surface area contributed by atoms with Gasteiger partial charge < -0.3 is 9.42 Å². The molecule has 5 rings (SSSR count). The molecule has 0 radical (unpaired) electrons. The molecular formula is C30H43FN6O. The number of benzene rings is 1. The molecule has 1 aromatic carbocycles. The molecule has 7 nitrogen and oxygen atoms in total. The molecule has 0 amide bonds. The molecule has 8 heteroatoms. The summed E-state index contributed by atoms with van der Waals surface area (Å²) in [5, 5.41) is 4.26. The molecule has 1 saturated heterocycles. The smallest absolute Gasteiger partial charge is 0.266 e. The molecule has 0 N–H and O–H groups in total. The molecule has 0 spiro atoms. The van der Waals surface area contributed by atoms with Crippen molar-refractivity contribution in [1.82, 2.24) is 24.6 Å². The summed E-state index contributed by atoms with van der Waals surface area (Å²) < 4.78 is 23.2. The molecule has 1 saturated carbocycles. The van der Waals surface area contributed by atoms with Gasteiger partial charge in [0, 0.05) is 54.7 Å². The van der Waals surface area contributed by atoms with Crippen LogP contribution >= 0.6 is 0 Å². The number of halogens is 1. The van der Waals surface area contributed by atoms with Crippen molar-refractivity contribution in [3.8, 4) is 5.69 Å². The molecule has 2 aromatic heterocycles. The first kappa shape index (κ1) is 26.9. The van der Waals surface area contributed by atoms with Crippen LogP contribution in [0.25, 0.3) is 5.69 Å². The van der Waals surface area contributed by atoms with Crippen LogP contribution in [0, 0.1) is 19.7 Å². The second-order valence-corrected chi connectivity index (χ2v) is 13.4. The highest BCUT2D eigenvalue weighted by Crippen LogP contribution is 2.43. The average molecular weight is 523 g/mol. The summed E-state index contributed by atoms with van der Waals surface area (Å²) in [6.45, 7) is 22.5. The zero-order valence-corrected chi connectivity index (χ0v) is 24.5. The Morgan fingerprint density at radius 2 is 1.71 bits per heavy atom. The normalized spacial score (nSPS) is 19.4. The molecule has 206 valence electrons. The maximum Gasteiger partial charge on any atom is 0.266 e. The standard InChI is InChI=1S/C30H43FN6O/c1-18-16-35(14-15-36(18)28-33-27(38-34-28)30(7,8)9)17-22-12-13-23(31)24(19(22)2)37-20(3)25(29(4,5)6)32-26(37)21-10-11-21/h12-13,18,21H,10-11,14-17H2,1-9H3. The van der Waals surface area contributed by atoms with Gasteiger partial charge in [-0.25, -0.2) is 9.37 Å². The highest BCUT2D eigenvalue weighted by atomic mass is 19.1. The zero-order chi connectivity index (χ0) is 27.6. The van der Waals surface area contributed by atoms with Crippen molar-refractivity contribution in [2.45, 2.75) is 104 Å². The number of imidazole rings is 1. The van der Waals surface area contributed by atoms with Crippen molar-refractivity contribution in [3.05, 3.63) is 52.2 Å². The van der Waals surface area contributed by atoms with Crippen molar-refractivity contribution in [2.75, 3.05) is 24.5 Å². The lowest BCUT2D eigenvalue weighted by molar-refractivity contribution is 0.218. The predicted octanol–water partition coefficient (Wildman–Crippen LogP) is 6.19. The highest BCUT2D eigenvalue weighted by Gasteiger charge is 2.35. The van der Waals surface area contributed by atoms with Crippen LogP contribution in [0.2, 0.25) is 0 Å². The maximum atomic E-state index is 15.5. The van der Waals surface area contributed by atoms with Crippen LogP contribution in [-0.4, -0.2) is 50.3 Å². The van der Waals surface area contributed by atoms with Crippen LogP contribution < -0.4 is 4.90 Å². The first-order chi connectivity index (χ1) is 17.8. The Morgan fingerprint density at radius 1 is 1.00 bits per heavy atom. The summed E-state index contributed by atoms with van der Waals surface area (Å²) in [5.74, 6) is 2.58. The van der Waals surface area contributed by atoms with Gasteiger partial charge in [-0.2, -0.15) is 4.98 Å². The molecule has 1 atom stereocenters. The average Bonchev–Trinajstić information content (AvgIpc) is 3.42. The second-order valence-electron chi connectivity index (χ2n) is 13.4. The van der Waals surface area contributed by atoms with E-state index in [1.807, 2.05) is 6.07 Å². The van der Waals surface area contributed by atoms with Crippen LogP contribution in [0.4, 0.5) is 10.3 Å². The van der Waals surface area contributed by atoms with Crippen molar-refractivity contribution in [2.24, 2.45) is 0 Å². The van der Waals surface area contributed by atoms with E-state index in [2.05, 4.69) is 86.8 Å². The summed E-state index contributed by atoms with van der Waals surface area (Å²) in [6.07, 6.45) is 2.25. The van der Waals surface area contributed by atoms with Crippen LogP contribution in [0.3, 0.4) is 0 Å². The van der Waals surface area contributed by atoms with Crippen LogP contribution in [0.15, 0.2) is 16.7 Å². The Hall–Kier alpha value is -2.74. The number of hydrogen-bond acceptors (Lipinski definition) is 6. The first-order valence-electron chi connectivity index (χ1n) is 14.0. The third kappa shape index (κ3) is 4.99. The monoisotopic (exact) mass is 522 g/mol. The fourth-order valence-electron chi connectivity index (χ4n) is 5.64. The Balaban J connectivity index is 1.39. The van der Waals surface area contributed by atoms with Crippen LogP contribution in [0.1, 0.15) is 101 Å². The van der Waals surface area contributed by atoms with Crippen molar-refractivity contribution >= 4 is 5.95 Å². The first-order valence-corrected chi connectivity index (χ1v) is 14.0. The van der Waals surface area contributed by atoms with E-state index in [0.717, 1.165) is 67.4 Å². The molecule has 3 heterocycles. The van der Waals surface area contributed by atoms with Crippen molar-refractivity contribution in [3.63, 3.8) is 0 Å². The van der Waals surface area contributed by atoms with Gasteiger partial charge in [-0.05, 0) is 56.0 Å². The van der Waals surface area contributed by atoms with Gasteiger partial charge in [-0.1, -0.05) is 47.6 Å². The highest BCUT2D eigenvalue weighted by molar-refractivity contribution is 5.50. The Bertz CT molecular complexity index is 1320. The molecule has 38 heavy (non-hydrogen) atoms. The molecule has 1 unspecified atom stereocenters. The van der Waals surface area contributed by atoms with Gasteiger partial charge in [0.25, 0.3) is 5.95 Å². The van der Waals surface area contributed by atoms with Gasteiger partial charge in [0.1, 0.15) is 11.6 Å². The third-order valence-corrected chi connectivity index (χ3v) is 7.92. The number of anilines is 1. The molecule has 1 aliphatic heterocycles. The van der Waals surface area contributed by atoms with E-state index in [1.54, 1.807) is 6.07 Å². The summed E-state index contributed by atoms with van der Waals surface area (Å²) in [6, 6.07) is 3.83. The van der Waals surface area contributed by atoms with Gasteiger partial charge in [-0.3, -0.25) is 9.47 Å². The minimum atomic E-state index is -0.181. The summed E-state index contributed by atoms with van der Waals surface area (Å²) in [5.41, 5.74) is 4.66. The van der Waals surface area contributed by atoms with Gasteiger partial charge >= 0.3 is 0 Å². The quantitative estimate of drug-likeness (QED) is 0.398. The Kier molecular flexibility index (Phi) is 6.69. The Morgan fingerprint density at radius 3 is 2.29 bits per heavy atom. The van der Waals surface area contributed by atoms with E-state index in [9.17, 15) is 0 Å². The number of piperazine rings is 1. The summed E-state index contributed by atoms with van der Waals surface area (Å²) in [7, 11) is 0. The third-order valence-electron chi connectivity index (χ3n) is 7.92. The molecule has 2 fully saturated rings. The lowest BCUT2D eigenvalue weighted by Gasteiger charge is -2.39. The lowest BCUT2D eigenvalue weighted by Crippen LogP contribution is -2.52. The fraction of sp³-hybridized carbons (Fsp3) is 0.633. The number of aromatic nitrogens is 4. The summed E-state index contributed by atoms with van der Waals surface area (Å²) in [4.78, 5) is 14.4. The zero-order valence-electron chi connectivity index (χ0n) is 24.5. The minimum absolute atomic E-state index is 0.0941.